The van der Waals surface area contributed by atoms with Gasteiger partial charge in [0.1, 0.15) is 0 Å². The lowest BCUT2D eigenvalue weighted by Crippen LogP contribution is -2.26. The lowest BCUT2D eigenvalue weighted by Gasteiger charge is -2.06. The maximum atomic E-state index is 11.6. The minimum absolute atomic E-state index is 0.0563. The van der Waals surface area contributed by atoms with Crippen LogP contribution in [-0.2, 0) is 14.3 Å². The Bertz CT molecular complexity index is 396. The fourth-order valence-corrected chi connectivity index (χ4v) is 1.98. The molecule has 2 atom stereocenters. The molecule has 0 unspecified atom stereocenters. The summed E-state index contributed by atoms with van der Waals surface area (Å²) in [4.78, 5) is 22.7. The van der Waals surface area contributed by atoms with Crippen LogP contribution in [0.5, 0.6) is 0 Å². The molecule has 0 aromatic carbocycles. The SMILES string of the molecule is COC(=O)C[C@@H]1C[C@H](CC=C(C)CC#N)NC1=O. The number of nitrogens with zero attached hydrogens (tertiary/aromatic N) is 1. The predicted molar refractivity (Wildman–Crippen MR) is 65.3 cm³/mol. The van der Waals surface area contributed by atoms with Crippen molar-refractivity contribution in [2.24, 2.45) is 5.92 Å². The van der Waals surface area contributed by atoms with Gasteiger partial charge in [-0.3, -0.25) is 9.59 Å². The molecule has 0 saturated carbocycles. The zero-order valence-corrected chi connectivity index (χ0v) is 10.7. The van der Waals surface area contributed by atoms with Gasteiger partial charge in [0.2, 0.25) is 5.91 Å². The van der Waals surface area contributed by atoms with Crippen LogP contribution < -0.4 is 5.32 Å². The Morgan fingerprint density at radius 2 is 2.39 bits per heavy atom. The maximum Gasteiger partial charge on any atom is 0.306 e. The maximum absolute atomic E-state index is 11.6. The van der Waals surface area contributed by atoms with Gasteiger partial charge in [0.15, 0.2) is 0 Å². The molecule has 1 aliphatic heterocycles. The molecule has 0 aliphatic carbocycles. The van der Waals surface area contributed by atoms with E-state index in [1.54, 1.807) is 0 Å². The molecule has 1 amide bonds. The number of amides is 1. The lowest BCUT2D eigenvalue weighted by atomic mass is 9.99. The average Bonchev–Trinajstić information content (AvgIpc) is 2.68. The van der Waals surface area contributed by atoms with Crippen LogP contribution in [0.15, 0.2) is 11.6 Å². The van der Waals surface area contributed by atoms with Crippen molar-refractivity contribution in [1.29, 1.82) is 5.26 Å². The van der Waals surface area contributed by atoms with Crippen LogP contribution in [0, 0.1) is 17.2 Å². The van der Waals surface area contributed by atoms with E-state index in [4.69, 9.17) is 5.26 Å². The highest BCUT2D eigenvalue weighted by atomic mass is 16.5. The monoisotopic (exact) mass is 250 g/mol. The Morgan fingerprint density at radius 1 is 1.67 bits per heavy atom. The van der Waals surface area contributed by atoms with Crippen molar-refractivity contribution in [3.8, 4) is 6.07 Å². The number of ether oxygens (including phenoxy) is 1. The van der Waals surface area contributed by atoms with Crippen LogP contribution >= 0.6 is 0 Å². The number of allylic oxidation sites excluding steroid dienone is 1. The molecule has 98 valence electrons. The Labute approximate surface area is 107 Å². The van der Waals surface area contributed by atoms with Crippen molar-refractivity contribution in [1.82, 2.24) is 5.32 Å². The van der Waals surface area contributed by atoms with Crippen LogP contribution in [0.25, 0.3) is 0 Å². The summed E-state index contributed by atoms with van der Waals surface area (Å²) >= 11 is 0. The fourth-order valence-electron chi connectivity index (χ4n) is 1.98. The quantitative estimate of drug-likeness (QED) is 0.589. The smallest absolute Gasteiger partial charge is 0.306 e. The lowest BCUT2D eigenvalue weighted by molar-refractivity contribution is -0.143. The third-order valence-corrected chi connectivity index (χ3v) is 3.04. The van der Waals surface area contributed by atoms with Gasteiger partial charge in [-0.15, -0.1) is 0 Å². The largest absolute Gasteiger partial charge is 0.469 e. The molecule has 1 N–H and O–H groups in total. The van der Waals surface area contributed by atoms with E-state index in [-0.39, 0.29) is 30.3 Å². The second kappa shape index (κ2) is 6.80. The van der Waals surface area contributed by atoms with Gasteiger partial charge in [0.05, 0.1) is 31.9 Å². The van der Waals surface area contributed by atoms with Crippen LogP contribution in [-0.4, -0.2) is 25.0 Å². The zero-order valence-electron chi connectivity index (χ0n) is 10.7. The van der Waals surface area contributed by atoms with E-state index in [1.807, 2.05) is 13.0 Å². The Hall–Kier alpha value is -1.83. The van der Waals surface area contributed by atoms with E-state index in [0.717, 1.165) is 5.57 Å². The van der Waals surface area contributed by atoms with Crippen LogP contribution in [0.3, 0.4) is 0 Å². The molecule has 0 aromatic heterocycles. The molecule has 0 bridgehead atoms. The summed E-state index contributed by atoms with van der Waals surface area (Å²) in [6, 6.07) is 2.13. The molecule has 5 heteroatoms. The molecular formula is C13H18N2O3. The van der Waals surface area contributed by atoms with Crippen LogP contribution in [0.4, 0.5) is 0 Å². The number of carbonyl (C=O) groups excluding carboxylic acids is 2. The highest BCUT2D eigenvalue weighted by Gasteiger charge is 2.32. The van der Waals surface area contributed by atoms with Gasteiger partial charge < -0.3 is 10.1 Å². The van der Waals surface area contributed by atoms with Crippen molar-refractivity contribution in [3.63, 3.8) is 0 Å². The summed E-state index contributed by atoms with van der Waals surface area (Å²) in [6.07, 6.45) is 3.86. The normalized spacial score (nSPS) is 23.4. The van der Waals surface area contributed by atoms with Gasteiger partial charge in [-0.2, -0.15) is 5.26 Å². The first-order valence-corrected chi connectivity index (χ1v) is 5.96. The van der Waals surface area contributed by atoms with Crippen molar-refractivity contribution < 1.29 is 14.3 Å². The van der Waals surface area contributed by atoms with Gasteiger partial charge in [-0.25, -0.2) is 0 Å². The molecule has 1 rings (SSSR count). The van der Waals surface area contributed by atoms with Crippen molar-refractivity contribution in [3.05, 3.63) is 11.6 Å². The predicted octanol–water partition coefficient (Wildman–Crippen LogP) is 1.30. The Kier molecular flexibility index (Phi) is 5.37. The molecule has 0 aromatic rings. The number of hydrogen-bond acceptors (Lipinski definition) is 4. The molecule has 0 radical (unpaired) electrons. The molecule has 5 nitrogen and oxygen atoms in total. The van der Waals surface area contributed by atoms with E-state index in [0.29, 0.717) is 19.3 Å². The first-order valence-electron chi connectivity index (χ1n) is 5.96. The third-order valence-electron chi connectivity index (χ3n) is 3.04. The van der Waals surface area contributed by atoms with Gasteiger partial charge >= 0.3 is 5.97 Å². The molecule has 18 heavy (non-hydrogen) atoms. The fraction of sp³-hybridized carbons (Fsp3) is 0.615. The van der Waals surface area contributed by atoms with Crippen molar-refractivity contribution in [2.45, 2.75) is 38.6 Å². The first-order chi connectivity index (χ1) is 8.56. The summed E-state index contributed by atoms with van der Waals surface area (Å²) in [7, 11) is 1.32. The zero-order chi connectivity index (χ0) is 13.5. The minimum atomic E-state index is -0.355. The number of carbonyl (C=O) groups is 2. The Balaban J connectivity index is 2.44. The van der Waals surface area contributed by atoms with Crippen LogP contribution in [0.2, 0.25) is 0 Å². The number of hydrogen-bond donors (Lipinski definition) is 1. The number of esters is 1. The van der Waals surface area contributed by atoms with Gasteiger partial charge in [0, 0.05) is 6.04 Å². The molecule has 1 heterocycles. The number of rotatable bonds is 5. The first kappa shape index (κ1) is 14.2. The van der Waals surface area contributed by atoms with E-state index in [1.165, 1.54) is 7.11 Å². The van der Waals surface area contributed by atoms with Crippen molar-refractivity contribution in [2.75, 3.05) is 7.11 Å². The topological polar surface area (TPSA) is 79.2 Å². The van der Waals surface area contributed by atoms with E-state index >= 15 is 0 Å². The highest BCUT2D eigenvalue weighted by molar-refractivity contribution is 5.85. The third kappa shape index (κ3) is 4.21. The van der Waals surface area contributed by atoms with E-state index in [2.05, 4.69) is 16.1 Å². The minimum Gasteiger partial charge on any atom is -0.469 e. The van der Waals surface area contributed by atoms with E-state index < -0.39 is 0 Å². The standard InChI is InChI=1S/C13H18N2O3/c1-9(5-6-14)3-4-11-7-10(13(17)15-11)8-12(16)18-2/h3,10-11H,4-5,7-8H2,1-2H3,(H,15,17)/t10-,11-/m0/s1. The van der Waals surface area contributed by atoms with Crippen molar-refractivity contribution >= 4 is 11.9 Å². The molecular weight excluding hydrogens is 232 g/mol. The summed E-state index contributed by atoms with van der Waals surface area (Å²) in [5.41, 5.74) is 1.00. The average molecular weight is 250 g/mol. The summed E-state index contributed by atoms with van der Waals surface area (Å²) < 4.78 is 4.56. The van der Waals surface area contributed by atoms with Gasteiger partial charge in [-0.05, 0) is 19.8 Å². The number of nitriles is 1. The summed E-state index contributed by atoms with van der Waals surface area (Å²) in [6.45, 7) is 1.89. The van der Waals surface area contributed by atoms with E-state index in [9.17, 15) is 9.59 Å². The van der Waals surface area contributed by atoms with Gasteiger partial charge in [0.25, 0.3) is 0 Å². The molecule has 1 aliphatic rings. The number of methoxy groups -OCH3 is 1. The summed E-state index contributed by atoms with van der Waals surface area (Å²) in [5, 5.41) is 11.4. The Morgan fingerprint density at radius 3 is 3.00 bits per heavy atom. The second-order valence-corrected chi connectivity index (χ2v) is 4.54. The summed E-state index contributed by atoms with van der Waals surface area (Å²) in [5.74, 6) is -0.726. The van der Waals surface area contributed by atoms with Gasteiger partial charge in [-0.1, -0.05) is 11.6 Å². The molecule has 1 fully saturated rings. The molecule has 0 spiro atoms. The van der Waals surface area contributed by atoms with Crippen LogP contribution in [0.1, 0.15) is 32.6 Å². The highest BCUT2D eigenvalue weighted by Crippen LogP contribution is 2.22. The molecule has 1 saturated heterocycles. The second-order valence-electron chi connectivity index (χ2n) is 4.54. The number of nitrogens with one attached hydrogen (secondary N) is 1.